The van der Waals surface area contributed by atoms with Crippen molar-refractivity contribution in [3.05, 3.63) is 50.9 Å². The molecule has 0 aliphatic carbocycles. The molecule has 2 aromatic rings. The summed E-state index contributed by atoms with van der Waals surface area (Å²) >= 11 is 8.05. The van der Waals surface area contributed by atoms with Crippen molar-refractivity contribution in [2.75, 3.05) is 13.6 Å². The SMILES string of the molecule is CNCC(Cc1cnc(C)s1)c1ccccc1Cl. The first-order valence-electron chi connectivity index (χ1n) is 6.01. The van der Waals surface area contributed by atoms with Gasteiger partial charge in [-0.15, -0.1) is 11.3 Å². The van der Waals surface area contributed by atoms with Crippen molar-refractivity contribution in [2.24, 2.45) is 0 Å². The van der Waals surface area contributed by atoms with Crippen molar-refractivity contribution >= 4 is 22.9 Å². The molecule has 0 saturated heterocycles. The highest BCUT2D eigenvalue weighted by Crippen LogP contribution is 2.28. The van der Waals surface area contributed by atoms with Gasteiger partial charge in [0.15, 0.2) is 0 Å². The van der Waals surface area contributed by atoms with E-state index in [9.17, 15) is 0 Å². The van der Waals surface area contributed by atoms with E-state index in [1.54, 1.807) is 11.3 Å². The van der Waals surface area contributed by atoms with E-state index in [0.29, 0.717) is 5.92 Å². The van der Waals surface area contributed by atoms with Gasteiger partial charge in [-0.2, -0.15) is 0 Å². The van der Waals surface area contributed by atoms with Crippen LogP contribution in [-0.4, -0.2) is 18.6 Å². The summed E-state index contributed by atoms with van der Waals surface area (Å²) in [4.78, 5) is 5.62. The number of nitrogens with one attached hydrogen (secondary N) is 1. The number of thiazole rings is 1. The van der Waals surface area contributed by atoms with Crippen LogP contribution in [0.25, 0.3) is 0 Å². The zero-order valence-corrected chi connectivity index (χ0v) is 12.2. The third-order valence-electron chi connectivity index (χ3n) is 2.91. The summed E-state index contributed by atoms with van der Waals surface area (Å²) in [6.07, 6.45) is 2.95. The first-order valence-corrected chi connectivity index (χ1v) is 7.20. The van der Waals surface area contributed by atoms with Gasteiger partial charge in [0.2, 0.25) is 0 Å². The van der Waals surface area contributed by atoms with Crippen LogP contribution in [0.5, 0.6) is 0 Å². The van der Waals surface area contributed by atoms with Crippen LogP contribution >= 0.6 is 22.9 Å². The summed E-state index contributed by atoms with van der Waals surface area (Å²) in [5.74, 6) is 0.392. The molecular weight excluding hydrogens is 264 g/mol. The van der Waals surface area contributed by atoms with Crippen LogP contribution in [0.2, 0.25) is 5.02 Å². The molecule has 2 nitrogen and oxygen atoms in total. The van der Waals surface area contributed by atoms with Gasteiger partial charge >= 0.3 is 0 Å². The summed E-state index contributed by atoms with van der Waals surface area (Å²) < 4.78 is 0. The second-order valence-electron chi connectivity index (χ2n) is 4.33. The molecule has 1 unspecified atom stereocenters. The fourth-order valence-corrected chi connectivity index (χ4v) is 3.25. The molecule has 0 aliphatic heterocycles. The van der Waals surface area contributed by atoms with Crippen LogP contribution in [0.15, 0.2) is 30.5 Å². The maximum atomic E-state index is 6.29. The Hall–Kier alpha value is -0.900. The van der Waals surface area contributed by atoms with Gasteiger partial charge < -0.3 is 5.32 Å². The molecule has 1 N–H and O–H groups in total. The van der Waals surface area contributed by atoms with Crippen molar-refractivity contribution in [1.82, 2.24) is 10.3 Å². The van der Waals surface area contributed by atoms with Crippen LogP contribution in [-0.2, 0) is 6.42 Å². The van der Waals surface area contributed by atoms with Crippen molar-refractivity contribution in [1.29, 1.82) is 0 Å². The molecule has 18 heavy (non-hydrogen) atoms. The molecule has 4 heteroatoms. The molecule has 0 radical (unpaired) electrons. The molecule has 1 aromatic heterocycles. The molecule has 96 valence electrons. The molecule has 0 fully saturated rings. The number of hydrogen-bond acceptors (Lipinski definition) is 3. The summed E-state index contributed by atoms with van der Waals surface area (Å²) in [7, 11) is 1.97. The van der Waals surface area contributed by atoms with Gasteiger partial charge in [0.1, 0.15) is 0 Å². The second kappa shape index (κ2) is 6.32. The highest BCUT2D eigenvalue weighted by atomic mass is 35.5. The Labute approximate surface area is 117 Å². The summed E-state index contributed by atoms with van der Waals surface area (Å²) in [5.41, 5.74) is 1.21. The summed E-state index contributed by atoms with van der Waals surface area (Å²) in [6, 6.07) is 8.08. The van der Waals surface area contributed by atoms with Crippen LogP contribution in [0.4, 0.5) is 0 Å². The molecule has 0 aliphatic rings. The van der Waals surface area contributed by atoms with Gasteiger partial charge in [0, 0.05) is 28.6 Å². The Morgan fingerprint density at radius 2 is 2.17 bits per heavy atom. The summed E-state index contributed by atoms with van der Waals surface area (Å²) in [6.45, 7) is 2.96. The lowest BCUT2D eigenvalue weighted by Crippen LogP contribution is -2.19. The predicted octanol–water partition coefficient (Wildman–Crippen LogP) is 3.65. The van der Waals surface area contributed by atoms with E-state index in [1.165, 1.54) is 10.4 Å². The molecule has 1 aromatic carbocycles. The number of aryl methyl sites for hydroxylation is 1. The first-order chi connectivity index (χ1) is 8.70. The fourth-order valence-electron chi connectivity index (χ4n) is 2.09. The third-order valence-corrected chi connectivity index (χ3v) is 4.19. The highest BCUT2D eigenvalue weighted by molar-refractivity contribution is 7.11. The van der Waals surface area contributed by atoms with E-state index in [0.717, 1.165) is 23.0 Å². The van der Waals surface area contributed by atoms with E-state index in [2.05, 4.69) is 16.4 Å². The number of halogens is 1. The number of hydrogen-bond donors (Lipinski definition) is 1. The first kappa shape index (κ1) is 13.5. The smallest absolute Gasteiger partial charge is 0.0896 e. The van der Waals surface area contributed by atoms with E-state index >= 15 is 0 Å². The van der Waals surface area contributed by atoms with Crippen LogP contribution in [0.1, 0.15) is 21.4 Å². The van der Waals surface area contributed by atoms with Crippen molar-refractivity contribution < 1.29 is 0 Å². The maximum Gasteiger partial charge on any atom is 0.0896 e. The number of aromatic nitrogens is 1. The number of benzene rings is 1. The summed E-state index contributed by atoms with van der Waals surface area (Å²) in [5, 5.41) is 5.21. The molecule has 0 amide bonds. The molecule has 1 heterocycles. The van der Waals surface area contributed by atoms with Crippen molar-refractivity contribution in [2.45, 2.75) is 19.3 Å². The average Bonchev–Trinajstić information content (AvgIpc) is 2.75. The number of likely N-dealkylation sites (N-methyl/N-ethyl adjacent to an activating group) is 1. The molecule has 0 saturated carbocycles. The quantitative estimate of drug-likeness (QED) is 0.904. The zero-order chi connectivity index (χ0) is 13.0. The van der Waals surface area contributed by atoms with E-state index in [1.807, 2.05) is 38.4 Å². The van der Waals surface area contributed by atoms with E-state index in [4.69, 9.17) is 11.6 Å². The minimum atomic E-state index is 0.392. The lowest BCUT2D eigenvalue weighted by Gasteiger charge is -2.17. The van der Waals surface area contributed by atoms with Crippen LogP contribution in [0, 0.1) is 6.92 Å². The van der Waals surface area contributed by atoms with Crippen LogP contribution in [0.3, 0.4) is 0 Å². The Morgan fingerprint density at radius 1 is 1.39 bits per heavy atom. The molecular formula is C14H17ClN2S. The maximum absolute atomic E-state index is 6.29. The minimum absolute atomic E-state index is 0.392. The Balaban J connectivity index is 2.20. The van der Waals surface area contributed by atoms with Crippen molar-refractivity contribution in [3.63, 3.8) is 0 Å². The van der Waals surface area contributed by atoms with E-state index < -0.39 is 0 Å². The Morgan fingerprint density at radius 3 is 2.78 bits per heavy atom. The predicted molar refractivity (Wildman–Crippen MR) is 78.7 cm³/mol. The fraction of sp³-hybridized carbons (Fsp3) is 0.357. The molecule has 0 bridgehead atoms. The van der Waals surface area contributed by atoms with Gasteiger partial charge in [-0.05, 0) is 32.0 Å². The second-order valence-corrected chi connectivity index (χ2v) is 6.05. The van der Waals surface area contributed by atoms with E-state index in [-0.39, 0.29) is 0 Å². The molecule has 1 atom stereocenters. The van der Waals surface area contributed by atoms with Gasteiger partial charge in [-0.1, -0.05) is 29.8 Å². The lowest BCUT2D eigenvalue weighted by atomic mass is 9.95. The Kier molecular flexibility index (Phi) is 4.75. The third kappa shape index (κ3) is 3.31. The normalized spacial score (nSPS) is 12.6. The van der Waals surface area contributed by atoms with Gasteiger partial charge in [0.05, 0.1) is 5.01 Å². The van der Waals surface area contributed by atoms with Gasteiger partial charge in [-0.25, -0.2) is 4.98 Å². The van der Waals surface area contributed by atoms with Crippen molar-refractivity contribution in [3.8, 4) is 0 Å². The monoisotopic (exact) mass is 280 g/mol. The Bertz CT molecular complexity index is 510. The number of nitrogens with zero attached hydrogens (tertiary/aromatic N) is 1. The van der Waals surface area contributed by atoms with Gasteiger partial charge in [0.25, 0.3) is 0 Å². The molecule has 2 rings (SSSR count). The largest absolute Gasteiger partial charge is 0.319 e. The highest BCUT2D eigenvalue weighted by Gasteiger charge is 2.15. The molecule has 0 spiro atoms. The average molecular weight is 281 g/mol. The standard InChI is InChI=1S/C14H17ClN2S/c1-10-17-9-12(18-10)7-11(8-16-2)13-5-3-4-6-14(13)15/h3-6,9,11,16H,7-8H2,1-2H3. The van der Waals surface area contributed by atoms with Gasteiger partial charge in [-0.3, -0.25) is 0 Å². The topological polar surface area (TPSA) is 24.9 Å². The lowest BCUT2D eigenvalue weighted by molar-refractivity contribution is 0.630. The van der Waals surface area contributed by atoms with Crippen LogP contribution < -0.4 is 5.32 Å². The zero-order valence-electron chi connectivity index (χ0n) is 10.6. The number of rotatable bonds is 5. The minimum Gasteiger partial charge on any atom is -0.319 e.